The normalized spacial score (nSPS) is 17.3. The van der Waals surface area contributed by atoms with Crippen LogP contribution in [-0.2, 0) is 9.53 Å². The van der Waals surface area contributed by atoms with Gasteiger partial charge in [-0.1, -0.05) is 43.4 Å². The maximum absolute atomic E-state index is 12.8. The molecule has 0 fully saturated rings. The highest BCUT2D eigenvalue weighted by atomic mass is 32.2. The number of hydrogen-bond donors (Lipinski definition) is 0. The molecule has 0 unspecified atom stereocenters. The molecular formula is C24H22N2O5S2. The quantitative estimate of drug-likeness (QED) is 0.348. The number of ether oxygens (including phenoxy) is 2. The minimum Gasteiger partial charge on any atom is -0.465 e. The highest BCUT2D eigenvalue weighted by Gasteiger charge is 2.36. The summed E-state index contributed by atoms with van der Waals surface area (Å²) in [6, 6.07) is 9.74. The third-order valence-electron chi connectivity index (χ3n) is 5.18. The number of hydrogen-bond acceptors (Lipinski definition) is 8. The Morgan fingerprint density at radius 3 is 2.18 bits per heavy atom. The number of likely N-dealkylation sites (N-methyl/N-ethyl adjacent to an activating group) is 1. The van der Waals surface area contributed by atoms with Crippen LogP contribution in [0.4, 0.5) is 0 Å². The lowest BCUT2D eigenvalue weighted by atomic mass is 10.0. The Kier molecular flexibility index (Phi) is 6.36. The van der Waals surface area contributed by atoms with Crippen molar-refractivity contribution in [3.63, 3.8) is 0 Å². The van der Waals surface area contributed by atoms with Gasteiger partial charge in [0.1, 0.15) is 5.75 Å². The van der Waals surface area contributed by atoms with E-state index in [2.05, 4.69) is 9.84 Å². The lowest BCUT2D eigenvalue weighted by Gasteiger charge is -2.10. The van der Waals surface area contributed by atoms with Gasteiger partial charge in [-0.15, -0.1) is 0 Å². The standard InChI is InChI=1S/C24H22N2O5S2/c1-12(2)18-17(21(27)26(4)25-18)24-32-19-13(3)6-11-16(20(19)33-24)31-23(29)15-9-7-14(8-10-15)22(28)30-5/h6-12H,1-5H3. The van der Waals surface area contributed by atoms with Crippen LogP contribution in [-0.4, -0.2) is 42.7 Å². The van der Waals surface area contributed by atoms with Crippen molar-refractivity contribution in [3.05, 3.63) is 62.9 Å². The summed E-state index contributed by atoms with van der Waals surface area (Å²) in [7, 11) is 2.95. The maximum Gasteiger partial charge on any atom is 0.343 e. The van der Waals surface area contributed by atoms with Crippen molar-refractivity contribution in [1.82, 2.24) is 5.01 Å². The molecule has 9 heteroatoms. The SMILES string of the molecule is COC(=O)c1ccc(C(=O)Oc2ccc(C)c3c2SC(=C2C(=O)N(C)N=C2C(C)C)S3)cc1. The highest BCUT2D eigenvalue weighted by Crippen LogP contribution is 2.57. The third-order valence-corrected chi connectivity index (χ3v) is 7.93. The van der Waals surface area contributed by atoms with Crippen molar-refractivity contribution in [1.29, 1.82) is 0 Å². The van der Waals surface area contributed by atoms with Gasteiger partial charge in [0, 0.05) is 11.9 Å². The van der Waals surface area contributed by atoms with E-state index in [1.165, 1.54) is 59.9 Å². The molecule has 0 aliphatic carbocycles. The fraction of sp³-hybridized carbons (Fsp3) is 0.250. The summed E-state index contributed by atoms with van der Waals surface area (Å²) < 4.78 is 11.2. The van der Waals surface area contributed by atoms with Crippen LogP contribution in [0.1, 0.15) is 40.1 Å². The number of benzene rings is 2. The molecule has 7 nitrogen and oxygen atoms in total. The molecule has 0 radical (unpaired) electrons. The molecule has 2 heterocycles. The van der Waals surface area contributed by atoms with Crippen molar-refractivity contribution in [2.75, 3.05) is 14.2 Å². The lowest BCUT2D eigenvalue weighted by molar-refractivity contribution is -0.124. The predicted octanol–water partition coefficient (Wildman–Crippen LogP) is 4.89. The minimum atomic E-state index is -0.537. The Labute approximate surface area is 200 Å². The van der Waals surface area contributed by atoms with E-state index >= 15 is 0 Å². The molecule has 170 valence electrons. The molecule has 0 saturated carbocycles. The van der Waals surface area contributed by atoms with E-state index in [1.54, 1.807) is 13.1 Å². The summed E-state index contributed by atoms with van der Waals surface area (Å²) in [6.45, 7) is 6.00. The fourth-order valence-corrected chi connectivity index (χ4v) is 6.16. The molecule has 0 bridgehead atoms. The molecule has 2 aromatic carbocycles. The summed E-state index contributed by atoms with van der Waals surface area (Å²) in [5.41, 5.74) is 3.05. The largest absolute Gasteiger partial charge is 0.465 e. The molecule has 2 aliphatic rings. The molecule has 2 aromatic rings. The first kappa shape index (κ1) is 23.1. The first-order valence-corrected chi connectivity index (χ1v) is 11.9. The minimum absolute atomic E-state index is 0.0951. The van der Waals surface area contributed by atoms with Crippen LogP contribution in [0.15, 0.2) is 61.1 Å². The lowest BCUT2D eigenvalue weighted by Crippen LogP contribution is -2.18. The van der Waals surface area contributed by atoms with E-state index in [4.69, 9.17) is 4.74 Å². The van der Waals surface area contributed by atoms with Gasteiger partial charge in [0.25, 0.3) is 5.91 Å². The Hall–Kier alpha value is -3.04. The van der Waals surface area contributed by atoms with Gasteiger partial charge in [-0.2, -0.15) is 5.10 Å². The molecule has 0 N–H and O–H groups in total. The van der Waals surface area contributed by atoms with Crippen molar-refractivity contribution in [2.24, 2.45) is 11.0 Å². The van der Waals surface area contributed by atoms with Gasteiger partial charge in [0.05, 0.1) is 38.7 Å². The molecule has 2 aliphatic heterocycles. The van der Waals surface area contributed by atoms with Crippen molar-refractivity contribution >= 4 is 47.1 Å². The summed E-state index contributed by atoms with van der Waals surface area (Å²) in [6.07, 6.45) is 0. The van der Waals surface area contributed by atoms with Crippen LogP contribution < -0.4 is 4.74 Å². The molecule has 0 aromatic heterocycles. The Bertz CT molecular complexity index is 1230. The van der Waals surface area contributed by atoms with E-state index in [-0.39, 0.29) is 11.8 Å². The average molecular weight is 483 g/mol. The first-order valence-electron chi connectivity index (χ1n) is 10.2. The third kappa shape index (κ3) is 4.30. The van der Waals surface area contributed by atoms with E-state index < -0.39 is 11.9 Å². The molecule has 0 spiro atoms. The van der Waals surface area contributed by atoms with Crippen molar-refractivity contribution in [2.45, 2.75) is 30.6 Å². The maximum atomic E-state index is 12.8. The van der Waals surface area contributed by atoms with E-state index in [0.717, 1.165) is 25.3 Å². The second-order valence-corrected chi connectivity index (χ2v) is 10.1. The molecule has 33 heavy (non-hydrogen) atoms. The number of amides is 1. The summed E-state index contributed by atoms with van der Waals surface area (Å²) >= 11 is 2.93. The Morgan fingerprint density at radius 1 is 0.970 bits per heavy atom. The number of nitrogens with zero attached hydrogens (tertiary/aromatic N) is 2. The monoisotopic (exact) mass is 482 g/mol. The topological polar surface area (TPSA) is 85.3 Å². The molecule has 0 saturated heterocycles. The van der Waals surface area contributed by atoms with Crippen LogP contribution in [0.5, 0.6) is 5.75 Å². The van der Waals surface area contributed by atoms with Crippen molar-refractivity contribution in [3.8, 4) is 5.75 Å². The zero-order valence-electron chi connectivity index (χ0n) is 18.8. The second-order valence-electron chi connectivity index (χ2n) is 7.83. The number of aryl methyl sites for hydroxylation is 1. The molecule has 1 amide bonds. The van der Waals surface area contributed by atoms with E-state index in [1.807, 2.05) is 26.8 Å². The number of esters is 2. The number of thioether (sulfide) groups is 2. The zero-order chi connectivity index (χ0) is 23.9. The van der Waals surface area contributed by atoms with Crippen LogP contribution >= 0.6 is 23.5 Å². The van der Waals surface area contributed by atoms with Gasteiger partial charge < -0.3 is 9.47 Å². The zero-order valence-corrected chi connectivity index (χ0v) is 20.4. The van der Waals surface area contributed by atoms with Crippen LogP contribution in [0.3, 0.4) is 0 Å². The number of fused-ring (bicyclic) bond motifs is 1. The Balaban J connectivity index is 1.63. The Morgan fingerprint density at radius 2 is 1.58 bits per heavy atom. The summed E-state index contributed by atoms with van der Waals surface area (Å²) in [5, 5.41) is 5.78. The van der Waals surface area contributed by atoms with Gasteiger partial charge in [-0.3, -0.25) is 4.79 Å². The fourth-order valence-electron chi connectivity index (χ4n) is 3.40. The van der Waals surface area contributed by atoms with Crippen molar-refractivity contribution < 1.29 is 23.9 Å². The first-order chi connectivity index (χ1) is 15.7. The predicted molar refractivity (Wildman–Crippen MR) is 128 cm³/mol. The van der Waals surface area contributed by atoms with Crippen LogP contribution in [0.2, 0.25) is 0 Å². The number of carbonyl (C=O) groups excluding carboxylic acids is 3. The van der Waals surface area contributed by atoms with E-state index in [0.29, 0.717) is 22.4 Å². The van der Waals surface area contributed by atoms with Gasteiger partial charge in [0.15, 0.2) is 0 Å². The summed E-state index contributed by atoms with van der Waals surface area (Å²) in [5.74, 6) is -0.629. The summed E-state index contributed by atoms with van der Waals surface area (Å²) in [4.78, 5) is 38.9. The number of hydrazone groups is 1. The number of methoxy groups -OCH3 is 1. The molecule has 4 rings (SSSR count). The van der Waals surface area contributed by atoms with Crippen LogP contribution in [0.25, 0.3) is 0 Å². The van der Waals surface area contributed by atoms with Gasteiger partial charge in [0.2, 0.25) is 0 Å². The number of rotatable bonds is 4. The average Bonchev–Trinajstić information content (AvgIpc) is 3.37. The number of carbonyl (C=O) groups is 3. The molecular weight excluding hydrogens is 460 g/mol. The van der Waals surface area contributed by atoms with Gasteiger partial charge >= 0.3 is 11.9 Å². The van der Waals surface area contributed by atoms with Gasteiger partial charge in [-0.25, -0.2) is 14.6 Å². The second kappa shape index (κ2) is 9.07. The smallest absolute Gasteiger partial charge is 0.343 e. The highest BCUT2D eigenvalue weighted by molar-refractivity contribution is 8.24. The van der Waals surface area contributed by atoms with Gasteiger partial charge in [-0.05, 0) is 48.7 Å². The molecule has 0 atom stereocenters. The van der Waals surface area contributed by atoms with E-state index in [9.17, 15) is 14.4 Å². The van der Waals surface area contributed by atoms with Crippen LogP contribution in [0, 0.1) is 12.8 Å².